The lowest BCUT2D eigenvalue weighted by Gasteiger charge is -2.41. The number of aryl methyl sites for hydroxylation is 1. The molecular weight excluding hydrogens is 248 g/mol. The zero-order valence-corrected chi connectivity index (χ0v) is 13.5. The number of hydrogen-bond acceptors (Lipinski definition) is 3. The Hall–Kier alpha value is -0.870. The van der Waals surface area contributed by atoms with E-state index >= 15 is 0 Å². The van der Waals surface area contributed by atoms with Crippen molar-refractivity contribution in [1.82, 2.24) is 20.0 Å². The lowest BCUT2D eigenvalue weighted by molar-refractivity contribution is 0.113. The Labute approximate surface area is 123 Å². The maximum atomic E-state index is 4.26. The van der Waals surface area contributed by atoms with Crippen LogP contribution in [0.25, 0.3) is 0 Å². The number of piperazine rings is 1. The van der Waals surface area contributed by atoms with Crippen molar-refractivity contribution < 1.29 is 0 Å². The molecule has 2 rings (SSSR count). The molecule has 0 radical (unpaired) electrons. The van der Waals surface area contributed by atoms with Crippen LogP contribution in [0.3, 0.4) is 0 Å². The predicted molar refractivity (Wildman–Crippen MR) is 83.8 cm³/mol. The molecule has 0 aliphatic carbocycles. The monoisotopic (exact) mass is 278 g/mol. The second kappa shape index (κ2) is 7.23. The summed E-state index contributed by atoms with van der Waals surface area (Å²) in [4.78, 5) is 2.69. The first-order valence-electron chi connectivity index (χ1n) is 8.04. The summed E-state index contributed by atoms with van der Waals surface area (Å²) >= 11 is 0. The van der Waals surface area contributed by atoms with E-state index in [1.165, 1.54) is 25.1 Å². The summed E-state index contributed by atoms with van der Waals surface area (Å²) in [6.07, 6.45) is 5.50. The molecule has 0 amide bonds. The molecule has 0 bridgehead atoms. The summed E-state index contributed by atoms with van der Waals surface area (Å²) in [5, 5.41) is 7.96. The maximum Gasteiger partial charge on any atom is 0.0492 e. The number of rotatable bonds is 6. The summed E-state index contributed by atoms with van der Waals surface area (Å²) in [6, 6.07) is 3.48. The standard InChI is InChI=1S/C16H30N4/c1-5-14-12-20(16(11-17-14)10-13(2)3)9-7-15-6-8-18-19(15)4/h6,8,13-14,16-17H,5,7,9-12H2,1-4H3. The molecule has 2 heterocycles. The normalized spacial score (nSPS) is 24.4. The van der Waals surface area contributed by atoms with E-state index in [4.69, 9.17) is 0 Å². The van der Waals surface area contributed by atoms with Gasteiger partial charge in [0.25, 0.3) is 0 Å². The zero-order valence-electron chi connectivity index (χ0n) is 13.5. The molecule has 1 N–H and O–H groups in total. The van der Waals surface area contributed by atoms with Gasteiger partial charge in [-0.25, -0.2) is 0 Å². The van der Waals surface area contributed by atoms with Crippen LogP contribution in [0.4, 0.5) is 0 Å². The predicted octanol–water partition coefficient (Wildman–Crippen LogP) is 2.06. The van der Waals surface area contributed by atoms with Gasteiger partial charge in [0.05, 0.1) is 0 Å². The molecule has 1 aromatic heterocycles. The molecule has 1 aliphatic heterocycles. The van der Waals surface area contributed by atoms with Crippen LogP contribution in [0.2, 0.25) is 0 Å². The van der Waals surface area contributed by atoms with E-state index in [1.807, 2.05) is 17.9 Å². The summed E-state index contributed by atoms with van der Waals surface area (Å²) in [6.45, 7) is 10.4. The first kappa shape index (κ1) is 15.5. The van der Waals surface area contributed by atoms with Crippen LogP contribution in [-0.2, 0) is 13.5 Å². The van der Waals surface area contributed by atoms with Gasteiger partial charge in [0.1, 0.15) is 0 Å². The molecule has 114 valence electrons. The zero-order chi connectivity index (χ0) is 14.5. The van der Waals surface area contributed by atoms with Crippen molar-refractivity contribution in [2.75, 3.05) is 19.6 Å². The number of nitrogens with one attached hydrogen (secondary N) is 1. The van der Waals surface area contributed by atoms with Gasteiger partial charge in [-0.3, -0.25) is 9.58 Å². The molecule has 1 aliphatic rings. The molecule has 2 unspecified atom stereocenters. The van der Waals surface area contributed by atoms with Gasteiger partial charge >= 0.3 is 0 Å². The van der Waals surface area contributed by atoms with Crippen molar-refractivity contribution in [1.29, 1.82) is 0 Å². The third-order valence-electron chi connectivity index (χ3n) is 4.43. The van der Waals surface area contributed by atoms with Crippen molar-refractivity contribution in [2.24, 2.45) is 13.0 Å². The summed E-state index contributed by atoms with van der Waals surface area (Å²) in [7, 11) is 2.04. The first-order valence-corrected chi connectivity index (χ1v) is 8.04. The Morgan fingerprint density at radius 1 is 1.45 bits per heavy atom. The van der Waals surface area contributed by atoms with Gasteiger partial charge in [-0.15, -0.1) is 0 Å². The van der Waals surface area contributed by atoms with E-state index in [-0.39, 0.29) is 0 Å². The fourth-order valence-electron chi connectivity index (χ4n) is 3.16. The van der Waals surface area contributed by atoms with Crippen LogP contribution < -0.4 is 5.32 Å². The molecule has 1 aromatic rings. The van der Waals surface area contributed by atoms with Crippen LogP contribution in [0, 0.1) is 5.92 Å². The minimum atomic E-state index is 0.657. The van der Waals surface area contributed by atoms with E-state index in [9.17, 15) is 0 Å². The van der Waals surface area contributed by atoms with E-state index in [2.05, 4.69) is 42.2 Å². The summed E-state index contributed by atoms with van der Waals surface area (Å²) in [5.41, 5.74) is 1.33. The third kappa shape index (κ3) is 4.06. The summed E-state index contributed by atoms with van der Waals surface area (Å²) < 4.78 is 2.00. The molecule has 0 spiro atoms. The largest absolute Gasteiger partial charge is 0.311 e. The van der Waals surface area contributed by atoms with Crippen molar-refractivity contribution in [3.8, 4) is 0 Å². The maximum absolute atomic E-state index is 4.26. The van der Waals surface area contributed by atoms with Gasteiger partial charge in [0, 0.05) is 57.1 Å². The Kier molecular flexibility index (Phi) is 5.61. The van der Waals surface area contributed by atoms with Crippen LogP contribution in [0.1, 0.15) is 39.3 Å². The van der Waals surface area contributed by atoms with E-state index < -0.39 is 0 Å². The highest BCUT2D eigenvalue weighted by atomic mass is 15.3. The average molecular weight is 278 g/mol. The van der Waals surface area contributed by atoms with Gasteiger partial charge < -0.3 is 5.32 Å². The fraction of sp³-hybridized carbons (Fsp3) is 0.812. The quantitative estimate of drug-likeness (QED) is 0.864. The van der Waals surface area contributed by atoms with Crippen LogP contribution in [0.15, 0.2) is 12.3 Å². The number of hydrogen-bond donors (Lipinski definition) is 1. The van der Waals surface area contributed by atoms with E-state index in [0.717, 1.165) is 25.4 Å². The molecular formula is C16H30N4. The molecule has 1 fully saturated rings. The van der Waals surface area contributed by atoms with Crippen LogP contribution in [-0.4, -0.2) is 46.4 Å². The smallest absolute Gasteiger partial charge is 0.0492 e. The van der Waals surface area contributed by atoms with Gasteiger partial charge in [-0.2, -0.15) is 5.10 Å². The fourth-order valence-corrected chi connectivity index (χ4v) is 3.16. The molecule has 4 nitrogen and oxygen atoms in total. The van der Waals surface area contributed by atoms with E-state index in [0.29, 0.717) is 12.1 Å². The van der Waals surface area contributed by atoms with Crippen molar-refractivity contribution in [3.05, 3.63) is 18.0 Å². The Morgan fingerprint density at radius 3 is 2.85 bits per heavy atom. The number of aromatic nitrogens is 2. The second-order valence-electron chi connectivity index (χ2n) is 6.49. The van der Waals surface area contributed by atoms with Crippen molar-refractivity contribution in [3.63, 3.8) is 0 Å². The SMILES string of the molecule is CCC1CN(CCc2ccnn2C)C(CC(C)C)CN1. The molecule has 2 atom stereocenters. The highest BCUT2D eigenvalue weighted by Crippen LogP contribution is 2.17. The van der Waals surface area contributed by atoms with Crippen molar-refractivity contribution in [2.45, 2.75) is 52.1 Å². The highest BCUT2D eigenvalue weighted by Gasteiger charge is 2.27. The molecule has 4 heteroatoms. The van der Waals surface area contributed by atoms with Crippen LogP contribution in [0.5, 0.6) is 0 Å². The lowest BCUT2D eigenvalue weighted by atomic mass is 9.98. The third-order valence-corrected chi connectivity index (χ3v) is 4.43. The Morgan fingerprint density at radius 2 is 2.25 bits per heavy atom. The molecule has 1 saturated heterocycles. The van der Waals surface area contributed by atoms with Gasteiger partial charge in [0.15, 0.2) is 0 Å². The topological polar surface area (TPSA) is 33.1 Å². The van der Waals surface area contributed by atoms with Gasteiger partial charge in [-0.1, -0.05) is 20.8 Å². The van der Waals surface area contributed by atoms with E-state index in [1.54, 1.807) is 0 Å². The Balaban J connectivity index is 1.94. The van der Waals surface area contributed by atoms with Gasteiger partial charge in [-0.05, 0) is 24.8 Å². The van der Waals surface area contributed by atoms with Gasteiger partial charge in [0.2, 0.25) is 0 Å². The highest BCUT2D eigenvalue weighted by molar-refractivity contribution is 5.01. The minimum absolute atomic E-state index is 0.657. The molecule has 0 aromatic carbocycles. The van der Waals surface area contributed by atoms with Crippen LogP contribution >= 0.6 is 0 Å². The lowest BCUT2D eigenvalue weighted by Crippen LogP contribution is -2.57. The van der Waals surface area contributed by atoms with Crippen molar-refractivity contribution >= 4 is 0 Å². The summed E-state index contributed by atoms with van der Waals surface area (Å²) in [5.74, 6) is 0.763. The first-order chi connectivity index (χ1) is 9.60. The Bertz CT molecular complexity index is 399. The molecule has 0 saturated carbocycles. The average Bonchev–Trinajstić information content (AvgIpc) is 2.82. The number of nitrogens with zero attached hydrogens (tertiary/aromatic N) is 3. The second-order valence-corrected chi connectivity index (χ2v) is 6.49. The minimum Gasteiger partial charge on any atom is -0.311 e. The molecule has 20 heavy (non-hydrogen) atoms.